The Morgan fingerprint density at radius 1 is 1.41 bits per heavy atom. The van der Waals surface area contributed by atoms with Crippen LogP contribution in [0.25, 0.3) is 6.08 Å². The molecule has 0 saturated carbocycles. The fourth-order valence-electron chi connectivity index (χ4n) is 2.81. The minimum atomic E-state index is -0.0547. The number of benzene rings is 1. The van der Waals surface area contributed by atoms with Crippen molar-refractivity contribution >= 4 is 12.0 Å². The summed E-state index contributed by atoms with van der Waals surface area (Å²) in [6, 6.07) is 7.95. The monoisotopic (exact) mass is 303 g/mol. The molecule has 4 heteroatoms. The van der Waals surface area contributed by atoms with E-state index in [9.17, 15) is 4.79 Å². The summed E-state index contributed by atoms with van der Waals surface area (Å²) < 4.78 is 10.5. The van der Waals surface area contributed by atoms with Gasteiger partial charge in [0.05, 0.1) is 19.6 Å². The van der Waals surface area contributed by atoms with E-state index < -0.39 is 0 Å². The number of hydrogen-bond acceptors (Lipinski definition) is 4. The maximum atomic E-state index is 11.8. The number of nitrogens with zero attached hydrogens (tertiary/aromatic N) is 1. The molecule has 0 N–H and O–H groups in total. The lowest BCUT2D eigenvalue weighted by Gasteiger charge is -2.30. The Balaban J connectivity index is 1.88. The van der Waals surface area contributed by atoms with E-state index in [1.807, 2.05) is 31.2 Å². The molecule has 0 amide bonds. The van der Waals surface area contributed by atoms with Crippen LogP contribution in [0.4, 0.5) is 0 Å². The van der Waals surface area contributed by atoms with Gasteiger partial charge in [-0.3, -0.25) is 9.69 Å². The summed E-state index contributed by atoms with van der Waals surface area (Å²) in [6.45, 7) is 4.98. The Hall–Kier alpha value is -1.81. The van der Waals surface area contributed by atoms with Crippen LogP contribution < -0.4 is 4.74 Å². The van der Waals surface area contributed by atoms with Crippen molar-refractivity contribution in [3.63, 3.8) is 0 Å². The fraction of sp³-hybridized carbons (Fsp3) is 0.500. The molecule has 120 valence electrons. The van der Waals surface area contributed by atoms with Gasteiger partial charge in [0.15, 0.2) is 0 Å². The smallest absolute Gasteiger partial charge is 0.310 e. The first-order valence-electron chi connectivity index (χ1n) is 7.93. The molecule has 0 bridgehead atoms. The van der Waals surface area contributed by atoms with Crippen LogP contribution in [-0.2, 0) is 9.53 Å². The zero-order valence-corrected chi connectivity index (χ0v) is 13.5. The van der Waals surface area contributed by atoms with Crippen LogP contribution in [0.3, 0.4) is 0 Å². The third-order valence-corrected chi connectivity index (χ3v) is 3.93. The molecule has 1 saturated heterocycles. The molecule has 1 heterocycles. The molecule has 0 spiro atoms. The minimum Gasteiger partial charge on any atom is -0.496 e. The van der Waals surface area contributed by atoms with E-state index in [0.717, 1.165) is 43.8 Å². The molecule has 0 aromatic heterocycles. The van der Waals surface area contributed by atoms with Gasteiger partial charge < -0.3 is 9.47 Å². The van der Waals surface area contributed by atoms with E-state index >= 15 is 0 Å². The topological polar surface area (TPSA) is 38.8 Å². The highest BCUT2D eigenvalue weighted by molar-refractivity contribution is 5.72. The molecule has 1 atom stereocenters. The van der Waals surface area contributed by atoms with E-state index in [1.165, 1.54) is 0 Å². The number of likely N-dealkylation sites (tertiary alicyclic amines) is 1. The van der Waals surface area contributed by atoms with E-state index in [-0.39, 0.29) is 11.9 Å². The first kappa shape index (κ1) is 16.6. The molecular formula is C18H25NO3. The molecule has 1 fully saturated rings. The van der Waals surface area contributed by atoms with Gasteiger partial charge in [-0.2, -0.15) is 0 Å². The predicted molar refractivity (Wildman–Crippen MR) is 87.8 cm³/mol. The van der Waals surface area contributed by atoms with Gasteiger partial charge in [0.25, 0.3) is 0 Å². The van der Waals surface area contributed by atoms with Crippen molar-refractivity contribution in [1.29, 1.82) is 0 Å². The summed E-state index contributed by atoms with van der Waals surface area (Å²) in [4.78, 5) is 14.1. The number of methoxy groups -OCH3 is 1. The molecule has 22 heavy (non-hydrogen) atoms. The zero-order valence-electron chi connectivity index (χ0n) is 13.5. The lowest BCUT2D eigenvalue weighted by molar-refractivity contribution is -0.149. The Kier molecular flexibility index (Phi) is 6.46. The van der Waals surface area contributed by atoms with E-state index in [0.29, 0.717) is 6.61 Å². The van der Waals surface area contributed by atoms with Gasteiger partial charge in [-0.25, -0.2) is 0 Å². The van der Waals surface area contributed by atoms with Gasteiger partial charge in [-0.1, -0.05) is 30.4 Å². The highest BCUT2D eigenvalue weighted by Gasteiger charge is 2.26. The molecule has 4 nitrogen and oxygen atoms in total. The van der Waals surface area contributed by atoms with Crippen molar-refractivity contribution < 1.29 is 14.3 Å². The predicted octanol–water partition coefficient (Wildman–Crippen LogP) is 2.98. The van der Waals surface area contributed by atoms with Crippen molar-refractivity contribution in [3.8, 4) is 5.75 Å². The van der Waals surface area contributed by atoms with Crippen molar-refractivity contribution in [2.45, 2.75) is 19.8 Å². The number of esters is 1. The van der Waals surface area contributed by atoms with Crippen molar-refractivity contribution in [1.82, 2.24) is 4.90 Å². The minimum absolute atomic E-state index is 0.0216. The number of hydrogen-bond donors (Lipinski definition) is 0. The van der Waals surface area contributed by atoms with Crippen LogP contribution in [0.2, 0.25) is 0 Å². The van der Waals surface area contributed by atoms with Crippen LogP contribution in [0.5, 0.6) is 5.75 Å². The van der Waals surface area contributed by atoms with Crippen LogP contribution in [0, 0.1) is 5.92 Å². The van der Waals surface area contributed by atoms with Crippen molar-refractivity contribution in [3.05, 3.63) is 35.9 Å². The normalized spacial score (nSPS) is 19.3. The lowest BCUT2D eigenvalue weighted by Crippen LogP contribution is -2.39. The molecular weight excluding hydrogens is 278 g/mol. The van der Waals surface area contributed by atoms with Crippen LogP contribution >= 0.6 is 0 Å². The summed E-state index contributed by atoms with van der Waals surface area (Å²) in [5, 5.41) is 0. The second-order valence-corrected chi connectivity index (χ2v) is 5.50. The number of carbonyl (C=O) groups is 1. The zero-order chi connectivity index (χ0) is 15.8. The highest BCUT2D eigenvalue weighted by atomic mass is 16.5. The molecule has 0 aliphatic carbocycles. The van der Waals surface area contributed by atoms with Crippen LogP contribution in [0.1, 0.15) is 25.3 Å². The summed E-state index contributed by atoms with van der Waals surface area (Å²) >= 11 is 0. The average molecular weight is 303 g/mol. The van der Waals surface area contributed by atoms with Gasteiger partial charge in [-0.05, 0) is 32.4 Å². The number of piperidine rings is 1. The second kappa shape index (κ2) is 8.59. The summed E-state index contributed by atoms with van der Waals surface area (Å²) in [7, 11) is 1.68. The maximum Gasteiger partial charge on any atom is 0.310 e. The van der Waals surface area contributed by atoms with Gasteiger partial charge in [0.1, 0.15) is 5.75 Å². The van der Waals surface area contributed by atoms with E-state index in [1.54, 1.807) is 7.11 Å². The SMILES string of the molecule is CCOC(=O)C1CCCN(C/C=C/c2ccccc2OC)C1. The molecule has 1 aromatic rings. The van der Waals surface area contributed by atoms with Gasteiger partial charge in [-0.15, -0.1) is 0 Å². The Morgan fingerprint density at radius 2 is 2.23 bits per heavy atom. The van der Waals surface area contributed by atoms with Gasteiger partial charge >= 0.3 is 5.97 Å². The largest absolute Gasteiger partial charge is 0.496 e. The number of ether oxygens (including phenoxy) is 2. The molecule has 1 aromatic carbocycles. The number of para-hydroxylation sites is 1. The quantitative estimate of drug-likeness (QED) is 0.757. The fourth-order valence-corrected chi connectivity index (χ4v) is 2.81. The van der Waals surface area contributed by atoms with E-state index in [2.05, 4.69) is 17.1 Å². The van der Waals surface area contributed by atoms with Gasteiger partial charge in [0, 0.05) is 18.7 Å². The summed E-state index contributed by atoms with van der Waals surface area (Å²) in [5.41, 5.74) is 1.07. The van der Waals surface area contributed by atoms with Crippen molar-refractivity contribution in [2.24, 2.45) is 5.92 Å². The molecule has 1 unspecified atom stereocenters. The molecule has 1 aliphatic heterocycles. The maximum absolute atomic E-state index is 11.8. The summed E-state index contributed by atoms with van der Waals surface area (Å²) in [5.74, 6) is 0.844. The summed E-state index contributed by atoms with van der Waals surface area (Å²) in [6.07, 6.45) is 6.19. The number of carbonyl (C=O) groups excluding carboxylic acids is 1. The van der Waals surface area contributed by atoms with Crippen molar-refractivity contribution in [2.75, 3.05) is 33.4 Å². The first-order valence-corrected chi connectivity index (χ1v) is 7.93. The standard InChI is InChI=1S/C18H25NO3/c1-3-22-18(20)16-10-7-13-19(14-16)12-6-9-15-8-4-5-11-17(15)21-2/h4-6,8-9,11,16H,3,7,10,12-14H2,1-2H3/b9-6+. The first-order chi connectivity index (χ1) is 10.7. The van der Waals surface area contributed by atoms with Gasteiger partial charge in [0.2, 0.25) is 0 Å². The Morgan fingerprint density at radius 3 is 3.00 bits per heavy atom. The third-order valence-electron chi connectivity index (χ3n) is 3.93. The second-order valence-electron chi connectivity index (χ2n) is 5.50. The average Bonchev–Trinajstić information content (AvgIpc) is 2.56. The third kappa shape index (κ3) is 4.60. The van der Waals surface area contributed by atoms with Crippen LogP contribution in [-0.4, -0.2) is 44.2 Å². The van der Waals surface area contributed by atoms with Crippen LogP contribution in [0.15, 0.2) is 30.3 Å². The Bertz CT molecular complexity index is 513. The van der Waals surface area contributed by atoms with E-state index in [4.69, 9.17) is 9.47 Å². The Labute approximate surface area is 132 Å². The molecule has 2 rings (SSSR count). The highest BCUT2D eigenvalue weighted by Crippen LogP contribution is 2.20. The lowest BCUT2D eigenvalue weighted by atomic mass is 9.98. The molecule has 1 aliphatic rings. The molecule has 0 radical (unpaired) electrons. The number of rotatable bonds is 6.